The second kappa shape index (κ2) is 3.86. The minimum absolute atomic E-state index is 0.0197. The van der Waals surface area contributed by atoms with E-state index in [9.17, 15) is 4.79 Å². The van der Waals surface area contributed by atoms with Crippen LogP contribution < -0.4 is 11.5 Å². The first-order chi connectivity index (χ1) is 7.68. The summed E-state index contributed by atoms with van der Waals surface area (Å²) in [5, 5.41) is 7.13. The number of hydrogen-bond acceptors (Lipinski definition) is 5. The highest BCUT2D eigenvalue weighted by Crippen LogP contribution is 2.17. The quantitative estimate of drug-likeness (QED) is 0.536. The first-order valence-corrected chi connectivity index (χ1v) is 4.40. The van der Waals surface area contributed by atoms with Gasteiger partial charge in [-0.25, -0.2) is 9.97 Å². The third-order valence-electron chi connectivity index (χ3n) is 1.86. The topological polar surface area (TPSA) is 124 Å². The molecule has 16 heavy (non-hydrogen) atoms. The van der Waals surface area contributed by atoms with Crippen LogP contribution >= 0.6 is 0 Å². The number of carbonyl (C=O) groups excluding carboxylic acids is 1. The van der Waals surface area contributed by atoms with Gasteiger partial charge in [0.2, 0.25) is 5.91 Å². The number of aromatic amines is 1. The maximum absolute atomic E-state index is 10.5. The molecule has 0 atom stereocenters. The van der Waals surface area contributed by atoms with Crippen molar-refractivity contribution in [3.05, 3.63) is 12.0 Å². The molecule has 2 aromatic heterocycles. The number of carbonyl (C=O) groups is 1. The molecule has 7 heteroatoms. The van der Waals surface area contributed by atoms with E-state index in [1.807, 2.05) is 0 Å². The number of nitrogens with two attached hydrogens (primary N) is 2. The number of nitrogens with zero attached hydrogens (tertiary/aromatic N) is 3. The minimum Gasteiger partial charge on any atom is -0.383 e. The summed E-state index contributed by atoms with van der Waals surface area (Å²) < 4.78 is 0. The van der Waals surface area contributed by atoms with Crippen molar-refractivity contribution in [2.24, 2.45) is 5.73 Å². The third kappa shape index (κ3) is 1.76. The molecule has 2 rings (SSSR count). The molecule has 0 aliphatic carbocycles. The minimum atomic E-state index is -0.486. The van der Waals surface area contributed by atoms with Gasteiger partial charge in [0.05, 0.1) is 11.8 Å². The number of rotatable bonds is 1. The van der Waals surface area contributed by atoms with Crippen molar-refractivity contribution < 1.29 is 4.79 Å². The molecule has 0 spiro atoms. The summed E-state index contributed by atoms with van der Waals surface area (Å²) in [5.74, 6) is 5.12. The lowest BCUT2D eigenvalue weighted by Gasteiger charge is -1.91. The molecule has 0 unspecified atom stereocenters. The lowest BCUT2D eigenvalue weighted by molar-refractivity contribution is -0.117. The Bertz CT molecular complexity index is 605. The van der Waals surface area contributed by atoms with Crippen LogP contribution in [0.2, 0.25) is 0 Å². The van der Waals surface area contributed by atoms with Gasteiger partial charge < -0.3 is 11.5 Å². The van der Waals surface area contributed by atoms with Crippen molar-refractivity contribution in [2.75, 3.05) is 5.73 Å². The molecule has 2 heterocycles. The maximum atomic E-state index is 10.5. The van der Waals surface area contributed by atoms with Gasteiger partial charge in [0.15, 0.2) is 5.65 Å². The van der Waals surface area contributed by atoms with Crippen molar-refractivity contribution in [1.82, 2.24) is 20.2 Å². The maximum Gasteiger partial charge on any atom is 0.229 e. The highest BCUT2D eigenvalue weighted by molar-refractivity contribution is 5.90. The van der Waals surface area contributed by atoms with Gasteiger partial charge in [0.1, 0.15) is 17.8 Å². The number of fused-ring (bicyclic) bond motifs is 1. The summed E-state index contributed by atoms with van der Waals surface area (Å²) in [6.45, 7) is 0. The molecule has 80 valence electrons. The Kier molecular flexibility index (Phi) is 2.39. The van der Waals surface area contributed by atoms with Crippen molar-refractivity contribution in [1.29, 1.82) is 0 Å². The number of aromatic nitrogens is 4. The molecule has 2 aromatic rings. The zero-order chi connectivity index (χ0) is 11.5. The number of H-pyrrole nitrogens is 1. The van der Waals surface area contributed by atoms with E-state index >= 15 is 0 Å². The van der Waals surface area contributed by atoms with E-state index in [1.54, 1.807) is 0 Å². The van der Waals surface area contributed by atoms with Crippen molar-refractivity contribution in [3.63, 3.8) is 0 Å². The van der Waals surface area contributed by atoms with Crippen molar-refractivity contribution >= 4 is 22.8 Å². The van der Waals surface area contributed by atoms with Crippen LogP contribution in [0.15, 0.2) is 6.33 Å². The van der Waals surface area contributed by atoms with Crippen LogP contribution in [0, 0.1) is 11.8 Å². The Morgan fingerprint density at radius 1 is 1.50 bits per heavy atom. The van der Waals surface area contributed by atoms with Gasteiger partial charge in [-0.1, -0.05) is 5.92 Å². The van der Waals surface area contributed by atoms with Crippen molar-refractivity contribution in [2.45, 2.75) is 6.42 Å². The fraction of sp³-hybridized carbons (Fsp3) is 0.111. The number of hydrogen-bond donors (Lipinski definition) is 3. The Morgan fingerprint density at radius 3 is 3.06 bits per heavy atom. The second-order valence-corrected chi connectivity index (χ2v) is 3.00. The lowest BCUT2D eigenvalue weighted by Crippen LogP contribution is -2.08. The number of anilines is 1. The van der Waals surface area contributed by atoms with Crippen LogP contribution in [0.1, 0.15) is 12.1 Å². The molecule has 5 N–H and O–H groups in total. The van der Waals surface area contributed by atoms with Crippen LogP contribution in [0.3, 0.4) is 0 Å². The van der Waals surface area contributed by atoms with E-state index in [1.165, 1.54) is 6.33 Å². The van der Waals surface area contributed by atoms with Gasteiger partial charge in [-0.3, -0.25) is 9.89 Å². The zero-order valence-electron chi connectivity index (χ0n) is 8.19. The van der Waals surface area contributed by atoms with Crippen LogP contribution in [-0.2, 0) is 4.79 Å². The standard InChI is InChI=1S/C9H8N6O/c10-6(16)3-1-2-5-7-8(11)12-4-13-9(7)15-14-5/h4H,3H2,(H2,10,16)(H3,11,12,13,14,15). The molecular weight excluding hydrogens is 208 g/mol. The van der Waals surface area contributed by atoms with Crippen LogP contribution in [0.5, 0.6) is 0 Å². The largest absolute Gasteiger partial charge is 0.383 e. The van der Waals surface area contributed by atoms with Gasteiger partial charge in [-0.2, -0.15) is 5.10 Å². The van der Waals surface area contributed by atoms with E-state index in [0.29, 0.717) is 22.5 Å². The SMILES string of the molecule is NC(=O)CC#Cc1[nH]nc2ncnc(N)c12. The molecule has 0 aromatic carbocycles. The van der Waals surface area contributed by atoms with E-state index in [-0.39, 0.29) is 6.42 Å². The monoisotopic (exact) mass is 216 g/mol. The molecule has 0 saturated carbocycles. The average molecular weight is 216 g/mol. The summed E-state index contributed by atoms with van der Waals surface area (Å²) >= 11 is 0. The summed E-state index contributed by atoms with van der Waals surface area (Å²) in [6, 6.07) is 0. The van der Waals surface area contributed by atoms with Crippen LogP contribution in [-0.4, -0.2) is 26.1 Å². The molecule has 0 bridgehead atoms. The van der Waals surface area contributed by atoms with Gasteiger partial charge >= 0.3 is 0 Å². The van der Waals surface area contributed by atoms with E-state index in [0.717, 1.165) is 0 Å². The second-order valence-electron chi connectivity index (χ2n) is 3.00. The lowest BCUT2D eigenvalue weighted by atomic mass is 10.2. The Hall–Kier alpha value is -2.62. The van der Waals surface area contributed by atoms with E-state index < -0.39 is 5.91 Å². The van der Waals surface area contributed by atoms with Crippen molar-refractivity contribution in [3.8, 4) is 11.8 Å². The predicted molar refractivity (Wildman–Crippen MR) is 56.8 cm³/mol. The Morgan fingerprint density at radius 2 is 2.31 bits per heavy atom. The van der Waals surface area contributed by atoms with Gasteiger partial charge in [0, 0.05) is 0 Å². The summed E-state index contributed by atoms with van der Waals surface area (Å²) in [7, 11) is 0. The molecule has 0 radical (unpaired) electrons. The zero-order valence-corrected chi connectivity index (χ0v) is 8.19. The first-order valence-electron chi connectivity index (χ1n) is 4.40. The number of nitrogen functional groups attached to an aromatic ring is 1. The Labute approximate surface area is 90.2 Å². The van der Waals surface area contributed by atoms with Gasteiger partial charge in [-0.15, -0.1) is 0 Å². The fourth-order valence-corrected chi connectivity index (χ4v) is 1.19. The molecular formula is C9H8N6O. The summed E-state index contributed by atoms with van der Waals surface area (Å²) in [5.41, 5.74) is 11.5. The average Bonchev–Trinajstić information content (AvgIpc) is 2.62. The normalized spacial score (nSPS) is 9.75. The third-order valence-corrected chi connectivity index (χ3v) is 1.86. The van der Waals surface area contributed by atoms with Crippen LogP contribution in [0.4, 0.5) is 5.82 Å². The molecule has 0 aliphatic rings. The smallest absolute Gasteiger partial charge is 0.229 e. The highest BCUT2D eigenvalue weighted by atomic mass is 16.1. The molecule has 0 fully saturated rings. The fourth-order valence-electron chi connectivity index (χ4n) is 1.19. The number of primary amides is 1. The van der Waals surface area contributed by atoms with Crippen LogP contribution in [0.25, 0.3) is 11.0 Å². The molecule has 0 aliphatic heterocycles. The van der Waals surface area contributed by atoms with E-state index in [4.69, 9.17) is 11.5 Å². The summed E-state index contributed by atoms with van der Waals surface area (Å²) in [6.07, 6.45) is 1.30. The molecule has 0 saturated heterocycles. The molecule has 1 amide bonds. The van der Waals surface area contributed by atoms with Gasteiger partial charge in [-0.05, 0) is 5.92 Å². The van der Waals surface area contributed by atoms with Gasteiger partial charge in [0.25, 0.3) is 0 Å². The Balaban J connectivity index is 2.44. The number of nitrogens with one attached hydrogen (secondary N) is 1. The predicted octanol–water partition coefficient (Wildman–Crippen LogP) is -0.838. The number of amides is 1. The molecule has 7 nitrogen and oxygen atoms in total. The van der Waals surface area contributed by atoms with E-state index in [2.05, 4.69) is 32.0 Å². The first kappa shape index (κ1) is 9.92. The highest BCUT2D eigenvalue weighted by Gasteiger charge is 2.07. The summed E-state index contributed by atoms with van der Waals surface area (Å²) in [4.78, 5) is 18.2.